The number of aliphatic hydroxyl groups is 1. The molecule has 1 aliphatic rings. The lowest BCUT2D eigenvalue weighted by Gasteiger charge is -2.39. The fourth-order valence-electron chi connectivity index (χ4n) is 4.13. The van der Waals surface area contributed by atoms with E-state index in [1.807, 2.05) is 24.3 Å². The number of amides is 1. The van der Waals surface area contributed by atoms with E-state index < -0.39 is 23.0 Å². The zero-order valence-electron chi connectivity index (χ0n) is 16.0. The van der Waals surface area contributed by atoms with Crippen LogP contribution in [0.25, 0.3) is 10.9 Å². The first-order valence-electron chi connectivity index (χ1n) is 9.53. The molecule has 0 spiro atoms. The molecular weight excluding hydrogens is 373 g/mol. The Kier molecular flexibility index (Phi) is 4.94. The van der Waals surface area contributed by atoms with E-state index in [-0.39, 0.29) is 18.3 Å². The summed E-state index contributed by atoms with van der Waals surface area (Å²) in [6.45, 7) is 1.25. The summed E-state index contributed by atoms with van der Waals surface area (Å²) in [5, 5.41) is 16.1. The van der Waals surface area contributed by atoms with E-state index >= 15 is 0 Å². The van der Waals surface area contributed by atoms with Crippen molar-refractivity contribution in [3.8, 4) is 0 Å². The fourth-order valence-corrected chi connectivity index (χ4v) is 4.13. The van der Waals surface area contributed by atoms with Crippen molar-refractivity contribution in [1.29, 1.82) is 0 Å². The second-order valence-electron chi connectivity index (χ2n) is 7.32. The summed E-state index contributed by atoms with van der Waals surface area (Å²) in [7, 11) is 0. The van der Waals surface area contributed by atoms with Gasteiger partial charge in [0.2, 0.25) is 0 Å². The highest BCUT2D eigenvalue weighted by molar-refractivity contribution is 6.16. The number of benzene rings is 2. The molecule has 2 atom stereocenters. The second kappa shape index (κ2) is 7.42. The van der Waals surface area contributed by atoms with Crippen LogP contribution in [0.15, 0.2) is 48.5 Å². The Labute approximate surface area is 167 Å². The lowest BCUT2D eigenvalue weighted by atomic mass is 9.79. The predicted octanol–water partition coefficient (Wildman–Crippen LogP) is 2.63. The van der Waals surface area contributed by atoms with Gasteiger partial charge in [0.25, 0.3) is 5.91 Å². The minimum atomic E-state index is -1.71. The van der Waals surface area contributed by atoms with Gasteiger partial charge in [0.15, 0.2) is 11.3 Å². The zero-order valence-corrected chi connectivity index (χ0v) is 16.0. The van der Waals surface area contributed by atoms with E-state index in [4.69, 9.17) is 0 Å². The number of aliphatic hydroxyl groups excluding tert-OH is 1. The van der Waals surface area contributed by atoms with Crippen LogP contribution in [0.3, 0.4) is 0 Å². The van der Waals surface area contributed by atoms with Crippen molar-refractivity contribution in [2.24, 2.45) is 0 Å². The largest absolute Gasteiger partial charge is 0.396 e. The van der Waals surface area contributed by atoms with Crippen molar-refractivity contribution in [2.75, 3.05) is 11.9 Å². The number of fused-ring (bicyclic) bond motifs is 3. The number of carbonyl (C=O) groups excluding carboxylic acids is 2. The average Bonchev–Trinajstić information content (AvgIpc) is 3.08. The number of carbonyl (C=O) groups is 2. The first-order chi connectivity index (χ1) is 14.0. The molecule has 7 heteroatoms. The van der Waals surface area contributed by atoms with Crippen LogP contribution in [-0.2, 0) is 21.5 Å². The van der Waals surface area contributed by atoms with Gasteiger partial charge in [-0.2, -0.15) is 0 Å². The molecule has 150 valence electrons. The van der Waals surface area contributed by atoms with Crippen molar-refractivity contribution >= 4 is 28.3 Å². The smallest absolute Gasteiger partial charge is 0.258 e. The number of aromatic nitrogens is 1. The number of nitrogens with one attached hydrogen (secondary N) is 3. The van der Waals surface area contributed by atoms with Crippen LogP contribution in [0.4, 0.5) is 10.1 Å². The van der Waals surface area contributed by atoms with Crippen molar-refractivity contribution in [1.82, 2.24) is 10.3 Å². The Morgan fingerprint density at radius 2 is 1.93 bits per heavy atom. The molecule has 29 heavy (non-hydrogen) atoms. The third-order valence-corrected chi connectivity index (χ3v) is 5.53. The van der Waals surface area contributed by atoms with Crippen LogP contribution in [0.1, 0.15) is 24.6 Å². The van der Waals surface area contributed by atoms with Crippen LogP contribution >= 0.6 is 0 Å². The number of H-pyrrole nitrogens is 1. The maximum Gasteiger partial charge on any atom is 0.258 e. The number of aromatic amines is 1. The lowest BCUT2D eigenvalue weighted by molar-refractivity contribution is -0.135. The van der Waals surface area contributed by atoms with Gasteiger partial charge in [0, 0.05) is 23.6 Å². The number of rotatable bonds is 5. The maximum absolute atomic E-state index is 14.1. The minimum Gasteiger partial charge on any atom is -0.396 e. The number of hydrogen-bond acceptors (Lipinski definition) is 4. The Morgan fingerprint density at radius 1 is 1.21 bits per heavy atom. The van der Waals surface area contributed by atoms with Crippen LogP contribution in [0.5, 0.6) is 0 Å². The van der Waals surface area contributed by atoms with Gasteiger partial charge in [-0.15, -0.1) is 0 Å². The molecule has 0 saturated heterocycles. The van der Waals surface area contributed by atoms with E-state index in [0.29, 0.717) is 18.5 Å². The van der Waals surface area contributed by atoms with Crippen molar-refractivity contribution in [2.45, 2.75) is 31.3 Å². The number of Topliss-reactive ketones (excluding diaryl/α,β-unsaturated/α-hetero) is 1. The van der Waals surface area contributed by atoms with E-state index in [2.05, 4.69) is 15.6 Å². The molecule has 0 aliphatic carbocycles. The molecule has 1 aliphatic heterocycles. The van der Waals surface area contributed by atoms with Crippen LogP contribution in [0.2, 0.25) is 0 Å². The van der Waals surface area contributed by atoms with Gasteiger partial charge in [-0.1, -0.05) is 30.3 Å². The van der Waals surface area contributed by atoms with Gasteiger partial charge in [0.1, 0.15) is 5.82 Å². The minimum absolute atomic E-state index is 0.00173. The third kappa shape index (κ3) is 3.12. The number of ketones is 1. The highest BCUT2D eigenvalue weighted by atomic mass is 19.1. The summed E-state index contributed by atoms with van der Waals surface area (Å²) in [5.74, 6) is -1.66. The lowest BCUT2D eigenvalue weighted by Crippen LogP contribution is -2.63. The van der Waals surface area contributed by atoms with Crippen LogP contribution < -0.4 is 10.6 Å². The SMILES string of the molecule is CC(=O)C1(C(=O)Nc2ccccc2F)NC(CCO)Cc2c1[nH]c1ccccc21. The molecule has 0 saturated carbocycles. The first-order valence-corrected chi connectivity index (χ1v) is 9.53. The van der Waals surface area contributed by atoms with Crippen molar-refractivity contribution in [3.05, 3.63) is 65.6 Å². The molecule has 6 nitrogen and oxygen atoms in total. The fraction of sp³-hybridized carbons (Fsp3) is 0.273. The van der Waals surface area contributed by atoms with Crippen LogP contribution in [0, 0.1) is 5.82 Å². The average molecular weight is 395 g/mol. The highest BCUT2D eigenvalue weighted by Gasteiger charge is 2.51. The molecule has 4 rings (SSSR count). The quantitative estimate of drug-likeness (QED) is 0.500. The van der Waals surface area contributed by atoms with E-state index in [0.717, 1.165) is 16.5 Å². The first kappa shape index (κ1) is 19.3. The van der Waals surface area contributed by atoms with E-state index in [1.165, 1.54) is 25.1 Å². The van der Waals surface area contributed by atoms with Crippen molar-refractivity contribution < 1.29 is 19.1 Å². The Balaban J connectivity index is 1.88. The molecule has 2 aromatic carbocycles. The summed E-state index contributed by atoms with van der Waals surface area (Å²) in [6, 6.07) is 13.1. The monoisotopic (exact) mass is 395 g/mol. The summed E-state index contributed by atoms with van der Waals surface area (Å²) in [5.41, 5.74) is 0.426. The second-order valence-corrected chi connectivity index (χ2v) is 7.32. The summed E-state index contributed by atoms with van der Waals surface area (Å²) in [4.78, 5) is 29.6. The number of halogens is 1. The Hall–Kier alpha value is -3.03. The van der Waals surface area contributed by atoms with E-state index in [9.17, 15) is 19.1 Å². The molecule has 1 aromatic heterocycles. The molecule has 0 radical (unpaired) electrons. The molecule has 2 unspecified atom stereocenters. The van der Waals surface area contributed by atoms with Gasteiger partial charge in [0.05, 0.1) is 11.4 Å². The van der Waals surface area contributed by atoms with Crippen molar-refractivity contribution in [3.63, 3.8) is 0 Å². The highest BCUT2D eigenvalue weighted by Crippen LogP contribution is 2.37. The zero-order chi connectivity index (χ0) is 20.6. The van der Waals surface area contributed by atoms with Gasteiger partial charge in [-0.05, 0) is 43.5 Å². The molecule has 0 bridgehead atoms. The van der Waals surface area contributed by atoms with Gasteiger partial charge >= 0.3 is 0 Å². The standard InChI is InChI=1S/C22H22FN3O3/c1-13(28)22(21(29)25-19-9-5-3-7-17(19)23)20-16(12-14(26-22)10-11-27)15-6-2-4-8-18(15)24-20/h2-9,14,24,26-27H,10-12H2,1H3,(H,25,29). The summed E-state index contributed by atoms with van der Waals surface area (Å²) in [6.07, 6.45) is 0.933. The summed E-state index contributed by atoms with van der Waals surface area (Å²) >= 11 is 0. The number of para-hydroxylation sites is 2. The normalized spacial score (nSPS) is 21.0. The van der Waals surface area contributed by atoms with Crippen LogP contribution in [-0.4, -0.2) is 34.4 Å². The topological polar surface area (TPSA) is 94.2 Å². The summed E-state index contributed by atoms with van der Waals surface area (Å²) < 4.78 is 14.1. The molecule has 2 heterocycles. The third-order valence-electron chi connectivity index (χ3n) is 5.53. The number of hydrogen-bond donors (Lipinski definition) is 4. The predicted molar refractivity (Wildman–Crippen MR) is 108 cm³/mol. The maximum atomic E-state index is 14.1. The Bertz CT molecular complexity index is 1090. The molecule has 3 aromatic rings. The molecule has 4 N–H and O–H groups in total. The number of anilines is 1. The van der Waals surface area contributed by atoms with Gasteiger partial charge < -0.3 is 15.4 Å². The molecule has 0 fully saturated rings. The van der Waals surface area contributed by atoms with Gasteiger partial charge in [-0.25, -0.2) is 4.39 Å². The molecule has 1 amide bonds. The molecular formula is C22H22FN3O3. The Morgan fingerprint density at radius 3 is 2.66 bits per heavy atom. The van der Waals surface area contributed by atoms with E-state index in [1.54, 1.807) is 6.07 Å². The van der Waals surface area contributed by atoms with Gasteiger partial charge in [-0.3, -0.25) is 14.9 Å².